The Morgan fingerprint density at radius 1 is 1.44 bits per heavy atom. The Kier molecular flexibility index (Phi) is 4.10. The summed E-state index contributed by atoms with van der Waals surface area (Å²) in [5.74, 6) is 0.141. The Balaban J connectivity index is 0.00000128. The maximum absolute atomic E-state index is 7.41. The van der Waals surface area contributed by atoms with Crippen LogP contribution in [0.5, 0.6) is 0 Å². The predicted octanol–water partition coefficient (Wildman–Crippen LogP) is 3.64. The number of allylic oxidation sites excluding steroid dienone is 1. The molecule has 2 nitrogen and oxygen atoms in total. The van der Waals surface area contributed by atoms with E-state index in [9.17, 15) is 0 Å². The quantitative estimate of drug-likeness (QED) is 0.622. The lowest BCUT2D eigenvalue weighted by molar-refractivity contribution is 1.46. The van der Waals surface area contributed by atoms with Crippen molar-refractivity contribution in [2.45, 2.75) is 6.92 Å². The van der Waals surface area contributed by atoms with Crippen LogP contribution in [-0.4, -0.2) is 5.84 Å². The summed E-state index contributed by atoms with van der Waals surface area (Å²) in [4.78, 5) is 0.835. The van der Waals surface area contributed by atoms with E-state index in [1.807, 2.05) is 25.1 Å². The second kappa shape index (κ2) is 5.14. The molecule has 1 aromatic carbocycles. The van der Waals surface area contributed by atoms with Gasteiger partial charge in [0, 0.05) is 10.1 Å². The van der Waals surface area contributed by atoms with Crippen molar-refractivity contribution in [1.29, 1.82) is 5.41 Å². The van der Waals surface area contributed by atoms with Gasteiger partial charge in [0.05, 0.1) is 4.88 Å². The highest BCUT2D eigenvalue weighted by atomic mass is 35.5. The average Bonchev–Trinajstić information content (AvgIpc) is 2.63. The zero-order chi connectivity index (χ0) is 10.8. The molecule has 3 N–H and O–H groups in total. The van der Waals surface area contributed by atoms with Crippen molar-refractivity contribution in [3.05, 3.63) is 40.8 Å². The number of nitrogens with two attached hydrogens (primary N) is 1. The smallest absolute Gasteiger partial charge is 0.133 e. The highest BCUT2D eigenvalue weighted by Crippen LogP contribution is 2.28. The normalized spacial score (nSPS) is 10.6. The molecule has 1 heterocycles. The number of halogens is 1. The molecule has 0 atom stereocenters. The van der Waals surface area contributed by atoms with Gasteiger partial charge in [-0.15, -0.1) is 23.7 Å². The van der Waals surface area contributed by atoms with Gasteiger partial charge in [-0.3, -0.25) is 5.41 Å². The molecule has 2 aromatic rings. The van der Waals surface area contributed by atoms with Crippen molar-refractivity contribution in [2.75, 3.05) is 0 Å². The van der Waals surface area contributed by atoms with Gasteiger partial charge in [-0.2, -0.15) is 0 Å². The maximum Gasteiger partial charge on any atom is 0.133 e. The Labute approximate surface area is 105 Å². The number of rotatable bonds is 2. The molecule has 0 unspecified atom stereocenters. The summed E-state index contributed by atoms with van der Waals surface area (Å²) in [5, 5.41) is 8.58. The number of fused-ring (bicyclic) bond motifs is 1. The first-order valence-electron chi connectivity index (χ1n) is 4.72. The molecule has 0 bridgehead atoms. The van der Waals surface area contributed by atoms with Crippen LogP contribution >= 0.6 is 23.7 Å². The number of nitrogen functional groups attached to an aromatic ring is 1. The molecule has 84 valence electrons. The lowest BCUT2D eigenvalue weighted by atomic mass is 10.1. The fourth-order valence-electron chi connectivity index (χ4n) is 1.54. The molecule has 16 heavy (non-hydrogen) atoms. The molecular formula is C12H13ClN2S. The lowest BCUT2D eigenvalue weighted by Gasteiger charge is -1.94. The summed E-state index contributed by atoms with van der Waals surface area (Å²) < 4.78 is 1.18. The van der Waals surface area contributed by atoms with Gasteiger partial charge in [0.2, 0.25) is 0 Å². The minimum Gasteiger partial charge on any atom is -0.383 e. The Hall–Kier alpha value is -1.32. The maximum atomic E-state index is 7.41. The number of amidine groups is 1. The predicted molar refractivity (Wildman–Crippen MR) is 74.8 cm³/mol. The molecule has 0 spiro atoms. The van der Waals surface area contributed by atoms with Gasteiger partial charge in [0.15, 0.2) is 0 Å². The van der Waals surface area contributed by atoms with Crippen molar-refractivity contribution in [3.63, 3.8) is 0 Å². The zero-order valence-electron chi connectivity index (χ0n) is 8.86. The Morgan fingerprint density at radius 2 is 2.19 bits per heavy atom. The van der Waals surface area contributed by atoms with Crippen LogP contribution in [0.25, 0.3) is 16.2 Å². The highest BCUT2D eigenvalue weighted by molar-refractivity contribution is 7.20. The highest BCUT2D eigenvalue weighted by Gasteiger charge is 2.05. The van der Waals surface area contributed by atoms with E-state index in [1.54, 1.807) is 11.3 Å². The topological polar surface area (TPSA) is 49.9 Å². The summed E-state index contributed by atoms with van der Waals surface area (Å²) in [6, 6.07) is 8.13. The van der Waals surface area contributed by atoms with Gasteiger partial charge in [-0.1, -0.05) is 24.3 Å². The minimum atomic E-state index is 0. The summed E-state index contributed by atoms with van der Waals surface area (Å²) in [7, 11) is 0. The second-order valence-corrected chi connectivity index (χ2v) is 4.37. The van der Waals surface area contributed by atoms with Gasteiger partial charge in [0.1, 0.15) is 5.84 Å². The standard InChI is InChI=1S/C12H12N2S.ClH/c1-2-4-8-5-3-6-10-9(8)7-11(15-10)12(13)14;/h2-7H,1H3,(H3,13,14);1H. The molecule has 0 saturated heterocycles. The van der Waals surface area contributed by atoms with Crippen LogP contribution in [0.4, 0.5) is 0 Å². The molecule has 0 fully saturated rings. The van der Waals surface area contributed by atoms with Crippen molar-refractivity contribution in [2.24, 2.45) is 5.73 Å². The minimum absolute atomic E-state index is 0. The Morgan fingerprint density at radius 3 is 2.81 bits per heavy atom. The lowest BCUT2D eigenvalue weighted by Crippen LogP contribution is -2.08. The van der Waals surface area contributed by atoms with E-state index >= 15 is 0 Å². The van der Waals surface area contributed by atoms with Gasteiger partial charge < -0.3 is 5.73 Å². The monoisotopic (exact) mass is 252 g/mol. The van der Waals surface area contributed by atoms with Crippen molar-refractivity contribution in [3.8, 4) is 0 Å². The van der Waals surface area contributed by atoms with Crippen molar-refractivity contribution in [1.82, 2.24) is 0 Å². The fourth-order valence-corrected chi connectivity index (χ4v) is 2.50. The molecule has 2 rings (SSSR count). The van der Waals surface area contributed by atoms with Crippen molar-refractivity contribution < 1.29 is 0 Å². The molecule has 0 aliphatic carbocycles. The van der Waals surface area contributed by atoms with Gasteiger partial charge >= 0.3 is 0 Å². The van der Waals surface area contributed by atoms with E-state index in [1.165, 1.54) is 15.6 Å². The molecule has 0 saturated carbocycles. The first kappa shape index (κ1) is 12.7. The van der Waals surface area contributed by atoms with Crippen LogP contribution in [0.2, 0.25) is 0 Å². The number of benzene rings is 1. The largest absolute Gasteiger partial charge is 0.383 e. The van der Waals surface area contributed by atoms with Crippen LogP contribution < -0.4 is 5.73 Å². The fraction of sp³-hybridized carbons (Fsp3) is 0.0833. The van der Waals surface area contributed by atoms with Crippen LogP contribution in [0.1, 0.15) is 17.4 Å². The molecule has 0 aliphatic heterocycles. The van der Waals surface area contributed by atoms with E-state index in [-0.39, 0.29) is 18.2 Å². The van der Waals surface area contributed by atoms with Gasteiger partial charge in [0.25, 0.3) is 0 Å². The van der Waals surface area contributed by atoms with Crippen LogP contribution in [-0.2, 0) is 0 Å². The third kappa shape index (κ3) is 2.26. The number of thiophene rings is 1. The number of hydrogen-bond donors (Lipinski definition) is 2. The molecule has 1 aromatic heterocycles. The van der Waals surface area contributed by atoms with Crippen LogP contribution in [0.3, 0.4) is 0 Å². The van der Waals surface area contributed by atoms with E-state index in [0.29, 0.717) is 0 Å². The van der Waals surface area contributed by atoms with E-state index in [4.69, 9.17) is 11.1 Å². The van der Waals surface area contributed by atoms with Crippen LogP contribution in [0, 0.1) is 5.41 Å². The van der Waals surface area contributed by atoms with Crippen LogP contribution in [0.15, 0.2) is 30.3 Å². The van der Waals surface area contributed by atoms with E-state index in [2.05, 4.69) is 18.2 Å². The molecular weight excluding hydrogens is 240 g/mol. The van der Waals surface area contributed by atoms with E-state index < -0.39 is 0 Å². The summed E-state index contributed by atoms with van der Waals surface area (Å²) in [5.41, 5.74) is 6.66. The van der Waals surface area contributed by atoms with Gasteiger partial charge in [-0.25, -0.2) is 0 Å². The molecule has 0 aliphatic rings. The molecule has 4 heteroatoms. The SMILES string of the molecule is CC=Cc1cccc2sc(C(=N)N)cc12.Cl. The van der Waals surface area contributed by atoms with E-state index in [0.717, 1.165) is 4.88 Å². The first-order chi connectivity index (χ1) is 7.22. The zero-order valence-corrected chi connectivity index (χ0v) is 10.5. The Bertz CT molecular complexity index is 543. The molecule has 0 amide bonds. The number of nitrogens with one attached hydrogen (secondary N) is 1. The molecule has 0 radical (unpaired) electrons. The summed E-state index contributed by atoms with van der Waals surface area (Å²) in [6.45, 7) is 2.00. The first-order valence-corrected chi connectivity index (χ1v) is 5.53. The average molecular weight is 253 g/mol. The van der Waals surface area contributed by atoms with Crippen molar-refractivity contribution >= 4 is 45.7 Å². The third-order valence-corrected chi connectivity index (χ3v) is 3.34. The summed E-state index contributed by atoms with van der Waals surface area (Å²) >= 11 is 1.56. The summed E-state index contributed by atoms with van der Waals surface area (Å²) in [6.07, 6.45) is 4.08. The second-order valence-electron chi connectivity index (χ2n) is 3.28. The number of hydrogen-bond acceptors (Lipinski definition) is 2. The van der Waals surface area contributed by atoms with Gasteiger partial charge in [-0.05, 0) is 24.6 Å². The third-order valence-electron chi connectivity index (χ3n) is 2.21.